The van der Waals surface area contributed by atoms with Gasteiger partial charge in [-0.25, -0.2) is 98.9 Å². The van der Waals surface area contributed by atoms with Crippen LogP contribution >= 0.6 is 0 Å². The van der Waals surface area contributed by atoms with Crippen LogP contribution in [0.2, 0.25) is 0 Å². The van der Waals surface area contributed by atoms with Gasteiger partial charge in [0, 0.05) is 57.5 Å². The summed E-state index contributed by atoms with van der Waals surface area (Å²) < 4.78 is 0. The van der Waals surface area contributed by atoms with Gasteiger partial charge in [-0.05, 0) is 55.0 Å². The Labute approximate surface area is 443 Å². The molecule has 458 valence electrons. The van der Waals surface area contributed by atoms with Gasteiger partial charge in [-0.15, -0.1) is 0 Å². The van der Waals surface area contributed by atoms with E-state index >= 15 is 0 Å². The van der Waals surface area contributed by atoms with E-state index in [4.69, 9.17) is 94.4 Å². The molecule has 2 unspecified atom stereocenters. The Morgan fingerprint density at radius 3 is 1.18 bits per heavy atom. The Morgan fingerprint density at radius 1 is 0.329 bits per heavy atom. The number of unbranched alkanes of at least 4 members (excludes halogenated alkanes) is 1. The second-order valence-corrected chi connectivity index (χ2v) is 21.1. The molecule has 0 aliphatic rings. The van der Waals surface area contributed by atoms with E-state index in [2.05, 4.69) is 29.8 Å². The fraction of sp³-hybridized carbons (Fsp3) is 1.00. The fourth-order valence-corrected chi connectivity index (χ4v) is 6.02. The summed E-state index contributed by atoms with van der Waals surface area (Å²) in [6, 6.07) is 0. The molecule has 0 amide bonds. The van der Waals surface area contributed by atoms with Crippen LogP contribution in [0.1, 0.15) is 99.3 Å². The van der Waals surface area contributed by atoms with Crippen LogP contribution in [0.3, 0.4) is 0 Å². The maximum atomic E-state index is 10.5. The minimum absolute atomic E-state index is 0.00443. The molecule has 0 aromatic rings. The van der Waals surface area contributed by atoms with Crippen molar-refractivity contribution in [3.05, 3.63) is 0 Å². The van der Waals surface area contributed by atoms with Crippen LogP contribution in [0.5, 0.6) is 0 Å². The standard InChI is InChI=1S/C45H92O31/c1-39(20-48,12-10-38(53)73-54)24-60-62-27-42(4,11-7-8-16-46)28-63-68-34-45(14-13-40(2,21-49)26-71-76-75-56,36-70-66-32-44(6,33-67-72-37-52)31-59-57-18-9-17-47)35-69-65-30-43(5,23-51)29-64-61-25-41(3,22-50)15-19-58-74-55/h38,46-56H,7-37H2,1-6H3/t38?,39-,40+,41+,42+,43+,44+,45?/m1/s1. The predicted molar refractivity (Wildman–Crippen MR) is 251 cm³/mol. The van der Waals surface area contributed by atoms with Crippen LogP contribution in [-0.2, 0) is 98.2 Å². The molecule has 0 saturated heterocycles. The van der Waals surface area contributed by atoms with E-state index in [0.717, 1.165) is 0 Å². The molecule has 0 radical (unpaired) electrons. The molecule has 11 N–H and O–H groups in total. The van der Waals surface area contributed by atoms with Crippen molar-refractivity contribution in [2.24, 2.45) is 37.9 Å². The van der Waals surface area contributed by atoms with Gasteiger partial charge in [0.25, 0.3) is 0 Å². The van der Waals surface area contributed by atoms with Crippen molar-refractivity contribution in [1.82, 2.24) is 0 Å². The zero-order chi connectivity index (χ0) is 57.1. The molecule has 31 nitrogen and oxygen atoms in total. The number of aliphatic hydroxyl groups excluding tert-OH is 8. The Bertz CT molecular complexity index is 1340. The van der Waals surface area contributed by atoms with E-state index in [1.54, 1.807) is 34.6 Å². The molecule has 0 aromatic heterocycles. The van der Waals surface area contributed by atoms with Gasteiger partial charge in [0.05, 0.1) is 126 Å². The van der Waals surface area contributed by atoms with Gasteiger partial charge in [0.15, 0.2) is 13.1 Å². The lowest BCUT2D eigenvalue weighted by Crippen LogP contribution is -2.42. The quantitative estimate of drug-likeness (QED) is 0.0178. The topological polar surface area (TPSA) is 407 Å². The third-order valence-corrected chi connectivity index (χ3v) is 12.2. The molecule has 0 aliphatic carbocycles. The SMILES string of the molecule is C[C@@](CO)(COOCC(CC[C@@](C)(CO)COOOO)(COOC[C@@](C)(CCCCO)COOC[C@@](C)(CO)CCC(O)OO)COOC[C@@](C)(COOCO)COOCCCO)COOC[C@](C)(CO)CCOOO. The molecule has 0 bridgehead atoms. The minimum Gasteiger partial charge on any atom is -0.396 e. The summed E-state index contributed by atoms with van der Waals surface area (Å²) in [4.78, 5) is 90.2. The van der Waals surface area contributed by atoms with Crippen LogP contribution in [0, 0.1) is 37.9 Å². The van der Waals surface area contributed by atoms with Crippen LogP contribution < -0.4 is 0 Å². The monoisotopic (exact) mass is 1130 g/mol. The first-order chi connectivity index (χ1) is 36.2. The zero-order valence-electron chi connectivity index (χ0n) is 45.1. The van der Waals surface area contributed by atoms with E-state index in [-0.39, 0.29) is 158 Å². The summed E-state index contributed by atoms with van der Waals surface area (Å²) in [5.41, 5.74) is -7.04. The van der Waals surface area contributed by atoms with Crippen molar-refractivity contribution in [2.45, 2.75) is 106 Å². The number of hydrogen-bond acceptors (Lipinski definition) is 31. The molecular formula is C45H92O31. The van der Waals surface area contributed by atoms with Crippen molar-refractivity contribution in [2.75, 3.05) is 146 Å². The number of aliphatic hydroxyl groups is 8. The lowest BCUT2D eigenvalue weighted by molar-refractivity contribution is -0.626. The summed E-state index contributed by atoms with van der Waals surface area (Å²) in [7, 11) is 0. The highest BCUT2D eigenvalue weighted by atomic mass is 17.6. The van der Waals surface area contributed by atoms with E-state index in [1.807, 2.05) is 6.92 Å². The smallest absolute Gasteiger partial charge is 0.188 e. The van der Waals surface area contributed by atoms with Gasteiger partial charge in [-0.2, -0.15) is 0 Å². The molecule has 8 atom stereocenters. The lowest BCUT2D eigenvalue weighted by atomic mass is 9.77. The molecule has 31 heteroatoms. The maximum Gasteiger partial charge on any atom is 0.188 e. The molecule has 76 heavy (non-hydrogen) atoms. The Balaban J connectivity index is 6.66. The van der Waals surface area contributed by atoms with Crippen molar-refractivity contribution < 1.29 is 155 Å². The fourth-order valence-electron chi connectivity index (χ4n) is 6.02. The lowest BCUT2D eigenvalue weighted by Gasteiger charge is -2.36. The van der Waals surface area contributed by atoms with Gasteiger partial charge in [0.1, 0.15) is 0 Å². The van der Waals surface area contributed by atoms with E-state index in [9.17, 15) is 30.6 Å². The largest absolute Gasteiger partial charge is 0.396 e. The van der Waals surface area contributed by atoms with Crippen LogP contribution in [0.4, 0.5) is 0 Å². The first-order valence-electron chi connectivity index (χ1n) is 24.7. The van der Waals surface area contributed by atoms with Gasteiger partial charge >= 0.3 is 0 Å². The first-order valence-corrected chi connectivity index (χ1v) is 24.7. The third kappa shape index (κ3) is 35.5. The van der Waals surface area contributed by atoms with Crippen LogP contribution in [0.25, 0.3) is 0 Å². The number of hydrogen-bond donors (Lipinski definition) is 11. The number of rotatable bonds is 58. The summed E-state index contributed by atoms with van der Waals surface area (Å²) in [5.74, 6) is 0. The Morgan fingerprint density at radius 2 is 0.737 bits per heavy atom. The van der Waals surface area contributed by atoms with Crippen molar-refractivity contribution in [3.8, 4) is 0 Å². The Hall–Kier alpha value is -1.24. The van der Waals surface area contributed by atoms with Gasteiger partial charge < -0.3 is 40.9 Å². The summed E-state index contributed by atoms with van der Waals surface area (Å²) in [5, 5.41) is 115. The highest BCUT2D eigenvalue weighted by molar-refractivity contribution is 4.84. The maximum absolute atomic E-state index is 10.5. The van der Waals surface area contributed by atoms with Gasteiger partial charge in [-0.3, -0.25) is 0 Å². The van der Waals surface area contributed by atoms with Crippen molar-refractivity contribution in [3.63, 3.8) is 0 Å². The molecule has 0 spiro atoms. The predicted octanol–water partition coefficient (Wildman–Crippen LogP) is 1.64. The van der Waals surface area contributed by atoms with E-state index < -0.39 is 64.2 Å². The van der Waals surface area contributed by atoms with Crippen molar-refractivity contribution in [1.29, 1.82) is 0 Å². The third-order valence-electron chi connectivity index (χ3n) is 12.2. The molecule has 0 saturated carbocycles. The van der Waals surface area contributed by atoms with Gasteiger partial charge in [-0.1, -0.05) is 53.0 Å². The average Bonchev–Trinajstić information content (AvgIpc) is 3.41. The molecule has 0 aliphatic heterocycles. The summed E-state index contributed by atoms with van der Waals surface area (Å²) in [6.45, 7) is 5.05. The zero-order valence-corrected chi connectivity index (χ0v) is 45.1. The highest BCUT2D eigenvalue weighted by Gasteiger charge is 2.39. The minimum atomic E-state index is -1.45. The van der Waals surface area contributed by atoms with E-state index in [0.29, 0.717) is 25.7 Å². The van der Waals surface area contributed by atoms with Crippen LogP contribution in [-0.4, -0.2) is 208 Å². The summed E-state index contributed by atoms with van der Waals surface area (Å²) in [6.07, 6.45) is 0.960. The highest BCUT2D eigenvalue weighted by Crippen LogP contribution is 2.35. The van der Waals surface area contributed by atoms with Gasteiger partial charge in [0.2, 0.25) is 0 Å². The normalized spacial score (nSPS) is 18.3. The summed E-state index contributed by atoms with van der Waals surface area (Å²) >= 11 is 0. The first kappa shape index (κ1) is 74.8. The van der Waals surface area contributed by atoms with E-state index in [1.165, 1.54) is 0 Å². The molecule has 0 heterocycles. The second-order valence-electron chi connectivity index (χ2n) is 21.1. The molecule has 0 aromatic carbocycles. The average molecular weight is 1130 g/mol. The molecule has 0 rings (SSSR count). The van der Waals surface area contributed by atoms with Crippen molar-refractivity contribution >= 4 is 0 Å². The molecule has 0 fully saturated rings. The second kappa shape index (κ2) is 43.5. The molecular weight excluding hydrogens is 1040 g/mol. The Kier molecular flexibility index (Phi) is 42.8. The van der Waals surface area contributed by atoms with Crippen LogP contribution in [0.15, 0.2) is 0 Å².